The van der Waals surface area contributed by atoms with Crippen LogP contribution in [0.1, 0.15) is 68.7 Å². The third kappa shape index (κ3) is 7.87. The first kappa shape index (κ1) is 34.6. The van der Waals surface area contributed by atoms with Crippen LogP contribution in [0.15, 0.2) is 84.4 Å². The van der Waals surface area contributed by atoms with Gasteiger partial charge >= 0.3 is 0 Å². The van der Waals surface area contributed by atoms with Gasteiger partial charge in [-0.15, -0.1) is 11.3 Å². The van der Waals surface area contributed by atoms with Crippen LogP contribution in [0.5, 0.6) is 0 Å². The van der Waals surface area contributed by atoms with Gasteiger partial charge in [-0.25, -0.2) is 4.98 Å². The summed E-state index contributed by atoms with van der Waals surface area (Å²) in [6, 6.07) is 22.6. The fourth-order valence-corrected chi connectivity index (χ4v) is 7.07. The summed E-state index contributed by atoms with van der Waals surface area (Å²) in [5, 5.41) is 16.0. The zero-order valence-corrected chi connectivity index (χ0v) is 29.3. The van der Waals surface area contributed by atoms with Gasteiger partial charge in [-0.05, 0) is 66.8 Å². The van der Waals surface area contributed by atoms with Gasteiger partial charge in [-0.1, -0.05) is 54.3 Å². The Morgan fingerprint density at radius 2 is 1.87 bits per heavy atom. The topological polar surface area (TPSA) is 142 Å². The molecule has 0 spiro atoms. The summed E-state index contributed by atoms with van der Waals surface area (Å²) in [7, 11) is 0. The minimum atomic E-state index is -0.503. The molecule has 0 radical (unpaired) electrons. The highest BCUT2D eigenvalue weighted by Gasteiger charge is 2.34. The number of nitrogens with one attached hydrogen (secondary N) is 4. The van der Waals surface area contributed by atoms with E-state index < -0.39 is 6.04 Å². The van der Waals surface area contributed by atoms with Crippen molar-refractivity contribution in [2.24, 2.45) is 0 Å². The van der Waals surface area contributed by atoms with E-state index in [1.54, 1.807) is 11.1 Å². The molecule has 1 unspecified atom stereocenters. The molecule has 3 aromatic carbocycles. The first-order valence-electron chi connectivity index (χ1n) is 17.0. The number of hydroxylamine groups is 2. The molecular formula is C40H36N6O5S. The van der Waals surface area contributed by atoms with Gasteiger partial charge in [-0.2, -0.15) is 5.06 Å². The number of hydrogen-bond acceptors (Lipinski definition) is 9. The summed E-state index contributed by atoms with van der Waals surface area (Å²) >= 11 is 1.50. The lowest BCUT2D eigenvalue weighted by Crippen LogP contribution is -2.52. The Labute approximate surface area is 304 Å². The number of nitrogens with zero attached hydrogens (tertiary/aromatic N) is 2. The molecule has 7 rings (SSSR count). The van der Waals surface area contributed by atoms with E-state index in [9.17, 15) is 19.2 Å². The number of imide groups is 1. The Bertz CT molecular complexity index is 2260. The second-order valence-corrected chi connectivity index (χ2v) is 13.5. The predicted octanol–water partition coefficient (Wildman–Crippen LogP) is 6.21. The second kappa shape index (κ2) is 15.6. The Balaban J connectivity index is 0.968. The van der Waals surface area contributed by atoms with Gasteiger partial charge in [0.25, 0.3) is 11.8 Å². The number of anilines is 3. The normalized spacial score (nSPS) is 15.6. The maximum Gasteiger partial charge on any atom is 0.257 e. The molecule has 4 heterocycles. The molecule has 4 amide bonds. The molecule has 12 heteroatoms. The van der Waals surface area contributed by atoms with Crippen molar-refractivity contribution in [3.8, 4) is 11.8 Å². The van der Waals surface area contributed by atoms with Crippen molar-refractivity contribution < 1.29 is 24.0 Å². The summed E-state index contributed by atoms with van der Waals surface area (Å²) in [5.41, 5.74) is 6.02. The fourth-order valence-electron chi connectivity index (χ4n) is 6.13. The number of aryl methyl sites for hydroxylation is 1. The monoisotopic (exact) mass is 712 g/mol. The van der Waals surface area contributed by atoms with Crippen molar-refractivity contribution in [3.63, 3.8) is 0 Å². The molecule has 262 valence electrons. The lowest BCUT2D eigenvalue weighted by Gasteiger charge is -2.35. The summed E-state index contributed by atoms with van der Waals surface area (Å²) in [6.45, 7) is 3.16. The first-order valence-corrected chi connectivity index (χ1v) is 17.9. The number of rotatable bonds is 9. The first-order chi connectivity index (χ1) is 25.3. The van der Waals surface area contributed by atoms with E-state index in [0.717, 1.165) is 38.0 Å². The molecule has 1 fully saturated rings. The summed E-state index contributed by atoms with van der Waals surface area (Å²) in [4.78, 5) is 60.9. The number of piperidine rings is 1. The van der Waals surface area contributed by atoms with E-state index >= 15 is 0 Å². The molecular weight excluding hydrogens is 677 g/mol. The number of pyridine rings is 1. The standard InChI is InChI=1S/C40H36N6O5S/c1-25-9-4-6-12-32(25)43-37-33(44-39(49)31-24-52-35-13-7-5-11-30(31)35)20-28(21-42-37)38(48)41-18-8-2-3-10-26-14-15-27-23-51-46(22-29(27)19-26)34-16-17-36(47)45-40(34)50/h4-7,9,11-15,19-21,24,34H,2,8,16-18,22-23H2,1H3,(H,41,48)(H,42,43)(H,44,49)(H,45,47,50). The highest BCUT2D eigenvalue weighted by atomic mass is 32.1. The fraction of sp³-hybridized carbons (Fsp3) is 0.225. The summed E-state index contributed by atoms with van der Waals surface area (Å²) in [5.74, 6) is 5.62. The van der Waals surface area contributed by atoms with E-state index in [1.165, 1.54) is 17.5 Å². The van der Waals surface area contributed by atoms with Crippen molar-refractivity contribution >= 4 is 62.2 Å². The van der Waals surface area contributed by atoms with E-state index in [4.69, 9.17) is 4.84 Å². The van der Waals surface area contributed by atoms with Gasteiger partial charge in [0.1, 0.15) is 6.04 Å². The molecule has 1 saturated heterocycles. The summed E-state index contributed by atoms with van der Waals surface area (Å²) in [6.07, 6.45) is 3.41. The van der Waals surface area contributed by atoms with Crippen molar-refractivity contribution in [2.75, 3.05) is 17.2 Å². The zero-order valence-electron chi connectivity index (χ0n) is 28.5. The number of aromatic nitrogens is 1. The van der Waals surface area contributed by atoms with E-state index in [1.807, 2.05) is 79.0 Å². The van der Waals surface area contributed by atoms with Gasteiger partial charge in [0.15, 0.2) is 5.82 Å². The molecule has 2 aliphatic heterocycles. The highest BCUT2D eigenvalue weighted by Crippen LogP contribution is 2.30. The van der Waals surface area contributed by atoms with Crippen LogP contribution in [-0.2, 0) is 27.6 Å². The molecule has 2 aliphatic rings. The molecule has 52 heavy (non-hydrogen) atoms. The van der Waals surface area contributed by atoms with Crippen molar-refractivity contribution in [3.05, 3.63) is 118 Å². The number of amides is 4. The minimum absolute atomic E-state index is 0.257. The molecule has 11 nitrogen and oxygen atoms in total. The molecule has 5 aromatic rings. The SMILES string of the molecule is Cc1ccccc1Nc1ncc(C(=O)NCCCC#Cc2ccc3c(c2)CN(C2CCC(=O)NC2=O)OC3)cc1NC(=O)c1csc2ccccc12. The van der Waals surface area contributed by atoms with Crippen LogP contribution in [0.4, 0.5) is 17.2 Å². The van der Waals surface area contributed by atoms with Gasteiger partial charge in [-0.3, -0.25) is 29.3 Å². The van der Waals surface area contributed by atoms with Crippen LogP contribution in [0.25, 0.3) is 10.1 Å². The van der Waals surface area contributed by atoms with Crippen molar-refractivity contribution in [1.29, 1.82) is 0 Å². The van der Waals surface area contributed by atoms with Crippen LogP contribution >= 0.6 is 11.3 Å². The molecule has 0 bridgehead atoms. The van der Waals surface area contributed by atoms with Crippen LogP contribution in [-0.4, -0.2) is 46.3 Å². The van der Waals surface area contributed by atoms with E-state index in [0.29, 0.717) is 61.6 Å². The molecule has 2 aromatic heterocycles. The Morgan fingerprint density at radius 1 is 1.02 bits per heavy atom. The Kier molecular flexibility index (Phi) is 10.4. The number of thiophene rings is 1. The number of benzene rings is 3. The predicted molar refractivity (Wildman–Crippen MR) is 200 cm³/mol. The number of unbranched alkanes of at least 4 members (excludes halogenated alkanes) is 1. The van der Waals surface area contributed by atoms with Crippen molar-refractivity contribution in [2.45, 2.75) is 51.8 Å². The molecule has 0 aliphatic carbocycles. The van der Waals surface area contributed by atoms with Gasteiger partial charge < -0.3 is 16.0 Å². The molecule has 1 atom stereocenters. The number of carbonyl (C=O) groups excluding carboxylic acids is 4. The minimum Gasteiger partial charge on any atom is -0.352 e. The van der Waals surface area contributed by atoms with Crippen LogP contribution in [0.3, 0.4) is 0 Å². The largest absolute Gasteiger partial charge is 0.352 e. The zero-order chi connectivity index (χ0) is 36.0. The van der Waals surface area contributed by atoms with Gasteiger partial charge in [0.2, 0.25) is 11.8 Å². The Hall–Kier alpha value is -5.87. The number of fused-ring (bicyclic) bond motifs is 2. The molecule has 4 N–H and O–H groups in total. The third-order valence-electron chi connectivity index (χ3n) is 8.99. The quantitative estimate of drug-likeness (QED) is 0.0803. The van der Waals surface area contributed by atoms with Crippen LogP contribution in [0, 0.1) is 18.8 Å². The lowest BCUT2D eigenvalue weighted by molar-refractivity contribution is -0.216. The summed E-state index contributed by atoms with van der Waals surface area (Å²) < 4.78 is 1.01. The van der Waals surface area contributed by atoms with Crippen molar-refractivity contribution in [1.82, 2.24) is 20.7 Å². The van der Waals surface area contributed by atoms with Gasteiger partial charge in [0, 0.05) is 52.3 Å². The average molecular weight is 713 g/mol. The highest BCUT2D eigenvalue weighted by molar-refractivity contribution is 7.17. The average Bonchev–Trinajstić information content (AvgIpc) is 3.59. The second-order valence-electron chi connectivity index (χ2n) is 12.6. The maximum atomic E-state index is 13.5. The Morgan fingerprint density at radius 3 is 2.73 bits per heavy atom. The smallest absolute Gasteiger partial charge is 0.257 e. The van der Waals surface area contributed by atoms with Crippen LogP contribution < -0.4 is 21.3 Å². The number of carbonyl (C=O) groups is 4. The van der Waals surface area contributed by atoms with Crippen LogP contribution in [0.2, 0.25) is 0 Å². The van der Waals surface area contributed by atoms with E-state index in [-0.39, 0.29) is 30.0 Å². The number of para-hydroxylation sites is 1. The van der Waals surface area contributed by atoms with Gasteiger partial charge in [0.05, 0.1) is 30.0 Å². The number of hydrogen-bond donors (Lipinski definition) is 4. The third-order valence-corrected chi connectivity index (χ3v) is 9.96. The van der Waals surface area contributed by atoms with E-state index in [2.05, 4.69) is 38.1 Å². The molecule has 0 saturated carbocycles. The maximum absolute atomic E-state index is 13.5. The lowest BCUT2D eigenvalue weighted by atomic mass is 10.0.